The predicted molar refractivity (Wildman–Crippen MR) is 90.3 cm³/mol. The summed E-state index contributed by atoms with van der Waals surface area (Å²) in [6.07, 6.45) is 2.76. The molecule has 0 aromatic carbocycles. The molecule has 0 aromatic heterocycles. The second-order valence-corrected chi connectivity index (χ2v) is 9.82. The summed E-state index contributed by atoms with van der Waals surface area (Å²) in [5.41, 5.74) is -1.76. The molecule has 0 radical (unpaired) electrons. The first kappa shape index (κ1) is 15.8. The average molecular weight is 345 g/mol. The largest absolute Gasteiger partial charge is 0.347 e. The van der Waals surface area contributed by atoms with Gasteiger partial charge in [0.1, 0.15) is 5.54 Å². The third kappa shape index (κ3) is 1.40. The predicted octanol–water partition coefficient (Wildman–Crippen LogP) is 0.761. The van der Waals surface area contributed by atoms with Crippen molar-refractivity contribution in [3.05, 3.63) is 0 Å². The van der Waals surface area contributed by atoms with Crippen molar-refractivity contribution in [3.8, 4) is 0 Å². The topological polar surface area (TPSA) is 69.7 Å². The number of likely N-dealkylation sites (tertiary alicyclic amines) is 1. The Balaban J connectivity index is 1.66. The van der Waals surface area contributed by atoms with E-state index in [4.69, 9.17) is 0 Å². The Morgan fingerprint density at radius 3 is 2.56 bits per heavy atom. The van der Waals surface area contributed by atoms with Crippen LogP contribution in [0.5, 0.6) is 0 Å². The standard InChI is InChI=1S/C19H27N3O3/c1-11-5-6-22-10-18-9-17(8-13(23)21(4)15(17)25)16(2,3)12(18)7-19(11,22)14(24)20-18/h11-12H,5-10H2,1-4H3,(H,20,24)/t11-,12-,17-,18+,19+/m0/s1. The molecule has 25 heavy (non-hydrogen) atoms. The summed E-state index contributed by atoms with van der Waals surface area (Å²) in [6.45, 7) is 8.29. The van der Waals surface area contributed by atoms with E-state index >= 15 is 0 Å². The molecule has 6 aliphatic rings. The van der Waals surface area contributed by atoms with Gasteiger partial charge in [-0.3, -0.25) is 24.2 Å². The average Bonchev–Trinajstić information content (AvgIpc) is 3.05. The second kappa shape index (κ2) is 4.11. The van der Waals surface area contributed by atoms with E-state index in [0.717, 1.165) is 25.9 Å². The van der Waals surface area contributed by atoms with Gasteiger partial charge in [-0.05, 0) is 43.1 Å². The van der Waals surface area contributed by atoms with Crippen molar-refractivity contribution in [1.82, 2.24) is 15.1 Å². The number of hydrogen-bond acceptors (Lipinski definition) is 4. The molecule has 5 atom stereocenters. The van der Waals surface area contributed by atoms with Crippen LogP contribution in [0.2, 0.25) is 0 Å². The molecule has 136 valence electrons. The van der Waals surface area contributed by atoms with E-state index in [1.54, 1.807) is 7.05 Å². The van der Waals surface area contributed by atoms with Gasteiger partial charge in [-0.1, -0.05) is 20.8 Å². The lowest BCUT2D eigenvalue weighted by molar-refractivity contribution is -0.160. The quantitative estimate of drug-likeness (QED) is 0.658. The molecular weight excluding hydrogens is 318 g/mol. The lowest BCUT2D eigenvalue weighted by Gasteiger charge is -2.61. The van der Waals surface area contributed by atoms with Crippen LogP contribution < -0.4 is 5.32 Å². The smallest absolute Gasteiger partial charge is 0.241 e. The van der Waals surface area contributed by atoms with Gasteiger partial charge in [0.25, 0.3) is 0 Å². The first-order chi connectivity index (χ1) is 11.6. The Morgan fingerprint density at radius 1 is 1.20 bits per heavy atom. The molecule has 0 unspecified atom stereocenters. The van der Waals surface area contributed by atoms with Gasteiger partial charge in [-0.2, -0.15) is 0 Å². The SMILES string of the molecule is C[C@H]1CCN2C[C@]34C[C@]5(CC(=O)N(C)C5=O)C(C)(C)[C@@H]3C[C@]12C(=O)N4. The summed E-state index contributed by atoms with van der Waals surface area (Å²) in [4.78, 5) is 42.3. The first-order valence-electron chi connectivity index (χ1n) is 9.49. The van der Waals surface area contributed by atoms with Crippen LogP contribution >= 0.6 is 0 Å². The molecule has 6 fully saturated rings. The maximum absolute atomic E-state index is 13.1. The monoisotopic (exact) mass is 345 g/mol. The number of carbonyl (C=O) groups excluding carboxylic acids is 3. The third-order valence-electron chi connectivity index (χ3n) is 8.89. The van der Waals surface area contributed by atoms with Crippen molar-refractivity contribution in [2.24, 2.45) is 22.7 Å². The van der Waals surface area contributed by atoms with Gasteiger partial charge in [0, 0.05) is 20.0 Å². The number of piperidine rings is 2. The molecule has 5 heterocycles. The fourth-order valence-corrected chi connectivity index (χ4v) is 7.33. The highest BCUT2D eigenvalue weighted by Crippen LogP contribution is 2.70. The van der Waals surface area contributed by atoms with E-state index < -0.39 is 11.0 Å². The summed E-state index contributed by atoms with van der Waals surface area (Å²) in [5, 5.41) is 3.38. The van der Waals surface area contributed by atoms with E-state index in [1.807, 2.05) is 0 Å². The van der Waals surface area contributed by atoms with Gasteiger partial charge in [0.15, 0.2) is 0 Å². The molecule has 6 heteroatoms. The Labute approximate surface area is 148 Å². The van der Waals surface area contributed by atoms with E-state index in [-0.39, 0.29) is 41.0 Å². The van der Waals surface area contributed by atoms with Gasteiger partial charge in [0.05, 0.1) is 11.0 Å². The molecule has 1 saturated carbocycles. The Bertz CT molecular complexity index is 733. The molecule has 3 spiro atoms. The molecule has 3 amide bonds. The summed E-state index contributed by atoms with van der Waals surface area (Å²) in [7, 11) is 1.60. The number of nitrogens with one attached hydrogen (secondary N) is 1. The first-order valence-corrected chi connectivity index (χ1v) is 9.49. The van der Waals surface area contributed by atoms with Crippen LogP contribution in [-0.2, 0) is 14.4 Å². The Morgan fingerprint density at radius 2 is 1.92 bits per heavy atom. The van der Waals surface area contributed by atoms with Crippen molar-refractivity contribution in [3.63, 3.8) is 0 Å². The number of carbonyl (C=O) groups is 3. The number of hydrogen-bond donors (Lipinski definition) is 1. The van der Waals surface area contributed by atoms with Gasteiger partial charge in [0.2, 0.25) is 17.7 Å². The Hall–Kier alpha value is -1.43. The summed E-state index contributed by atoms with van der Waals surface area (Å²) in [5.74, 6) is 0.591. The minimum Gasteiger partial charge on any atom is -0.347 e. The van der Waals surface area contributed by atoms with Gasteiger partial charge < -0.3 is 5.32 Å². The highest BCUT2D eigenvalue weighted by Gasteiger charge is 2.78. The van der Waals surface area contributed by atoms with Crippen LogP contribution in [0.4, 0.5) is 0 Å². The van der Waals surface area contributed by atoms with Crippen LogP contribution in [0.3, 0.4) is 0 Å². The minimum absolute atomic E-state index is 0.0466. The zero-order valence-electron chi connectivity index (χ0n) is 15.5. The van der Waals surface area contributed by atoms with Crippen molar-refractivity contribution in [1.29, 1.82) is 0 Å². The highest BCUT2D eigenvalue weighted by atomic mass is 16.2. The number of amides is 3. The number of nitrogens with zero attached hydrogens (tertiary/aromatic N) is 2. The normalized spacial score (nSPS) is 50.6. The maximum atomic E-state index is 13.1. The van der Waals surface area contributed by atoms with Gasteiger partial charge >= 0.3 is 0 Å². The summed E-state index contributed by atoms with van der Waals surface area (Å²) in [6, 6.07) is 0. The van der Waals surface area contributed by atoms with Crippen LogP contribution in [0, 0.1) is 22.7 Å². The van der Waals surface area contributed by atoms with Crippen LogP contribution in [0.1, 0.15) is 46.5 Å². The van der Waals surface area contributed by atoms with Crippen molar-refractivity contribution in [2.75, 3.05) is 20.1 Å². The second-order valence-electron chi connectivity index (χ2n) is 9.82. The number of imide groups is 1. The van der Waals surface area contributed by atoms with Gasteiger partial charge in [-0.15, -0.1) is 0 Å². The fraction of sp³-hybridized carbons (Fsp3) is 0.842. The Kier molecular flexibility index (Phi) is 2.59. The molecule has 1 N–H and O–H groups in total. The lowest BCUT2D eigenvalue weighted by Crippen LogP contribution is -2.79. The molecule has 6 rings (SSSR count). The van der Waals surface area contributed by atoms with Crippen molar-refractivity contribution >= 4 is 17.7 Å². The van der Waals surface area contributed by atoms with Crippen LogP contribution in [-0.4, -0.2) is 58.7 Å². The zero-order chi connectivity index (χ0) is 18.0. The number of rotatable bonds is 0. The molecule has 0 aromatic rings. The summed E-state index contributed by atoms with van der Waals surface area (Å²) >= 11 is 0. The molecule has 6 nitrogen and oxygen atoms in total. The van der Waals surface area contributed by atoms with E-state index in [0.29, 0.717) is 12.3 Å². The highest BCUT2D eigenvalue weighted by molar-refractivity contribution is 6.06. The zero-order valence-corrected chi connectivity index (χ0v) is 15.5. The van der Waals surface area contributed by atoms with Crippen molar-refractivity contribution in [2.45, 2.75) is 57.5 Å². The summed E-state index contributed by atoms with van der Waals surface area (Å²) < 4.78 is 0. The van der Waals surface area contributed by atoms with Crippen LogP contribution in [0.15, 0.2) is 0 Å². The minimum atomic E-state index is -0.675. The van der Waals surface area contributed by atoms with Crippen molar-refractivity contribution < 1.29 is 14.4 Å². The number of piperazine rings is 1. The van der Waals surface area contributed by atoms with E-state index in [1.165, 1.54) is 4.90 Å². The lowest BCUT2D eigenvalue weighted by atomic mass is 9.57. The maximum Gasteiger partial charge on any atom is 0.241 e. The molecule has 5 aliphatic heterocycles. The third-order valence-corrected chi connectivity index (χ3v) is 8.89. The molecule has 2 bridgehead atoms. The fourth-order valence-electron chi connectivity index (χ4n) is 7.33. The number of fused-ring (bicyclic) bond motifs is 1. The molecule has 1 aliphatic carbocycles. The molecular formula is C19H27N3O3. The van der Waals surface area contributed by atoms with E-state index in [2.05, 4.69) is 31.0 Å². The van der Waals surface area contributed by atoms with Gasteiger partial charge in [-0.25, -0.2) is 0 Å². The van der Waals surface area contributed by atoms with E-state index in [9.17, 15) is 14.4 Å². The van der Waals surface area contributed by atoms with Crippen LogP contribution in [0.25, 0.3) is 0 Å². The molecule has 5 saturated heterocycles.